The highest BCUT2D eigenvalue weighted by Gasteiger charge is 2.14. The van der Waals surface area contributed by atoms with Crippen LogP contribution in [0, 0.1) is 0 Å². The van der Waals surface area contributed by atoms with Crippen LogP contribution in [0.3, 0.4) is 0 Å². The van der Waals surface area contributed by atoms with E-state index in [0.717, 1.165) is 4.90 Å². The second kappa shape index (κ2) is 3.80. The van der Waals surface area contributed by atoms with E-state index in [0.29, 0.717) is 0 Å². The summed E-state index contributed by atoms with van der Waals surface area (Å²) < 4.78 is 23.2. The fourth-order valence-corrected chi connectivity index (χ4v) is 0.703. The number of nitrogens with zero attached hydrogens (tertiary/aromatic N) is 2. The number of alkyl halides is 2. The summed E-state index contributed by atoms with van der Waals surface area (Å²) in [4.78, 5) is 15.6. The number of urea groups is 1. The van der Waals surface area contributed by atoms with Crippen LogP contribution in [0.25, 0.3) is 0 Å². The lowest BCUT2D eigenvalue weighted by molar-refractivity contribution is 0.109. The topological polar surface area (TPSA) is 44.7 Å². The van der Waals surface area contributed by atoms with Crippen LogP contribution in [0.5, 0.6) is 0 Å². The molecule has 0 spiro atoms. The summed E-state index contributed by atoms with van der Waals surface area (Å²) in [5.41, 5.74) is 0. The van der Waals surface area contributed by atoms with E-state index in [2.05, 4.69) is 4.99 Å². The van der Waals surface area contributed by atoms with Gasteiger partial charge in [-0.1, -0.05) is 0 Å². The van der Waals surface area contributed by atoms with Gasteiger partial charge in [-0.15, -0.1) is 0 Å². The lowest BCUT2D eigenvalue weighted by Gasteiger charge is -2.17. The molecule has 1 heterocycles. The first-order valence-electron chi connectivity index (χ1n) is 3.24. The van der Waals surface area contributed by atoms with Crippen molar-refractivity contribution >= 4 is 12.2 Å². The molecule has 0 bridgehead atoms. The van der Waals surface area contributed by atoms with Crippen LogP contribution in [-0.4, -0.2) is 30.2 Å². The maximum absolute atomic E-state index is 11.6. The third-order valence-corrected chi connectivity index (χ3v) is 1.21. The van der Waals surface area contributed by atoms with Crippen LogP contribution in [0.4, 0.5) is 13.6 Å². The zero-order chi connectivity index (χ0) is 8.97. The highest BCUT2D eigenvalue weighted by molar-refractivity contribution is 5.79. The minimum absolute atomic E-state index is 0.217. The molecule has 66 valence electrons. The van der Waals surface area contributed by atoms with Crippen molar-refractivity contribution in [2.45, 2.75) is 6.55 Å². The first-order valence-corrected chi connectivity index (χ1v) is 3.24. The first kappa shape index (κ1) is 8.63. The van der Waals surface area contributed by atoms with Gasteiger partial charge in [0.1, 0.15) is 0 Å². The molecule has 0 unspecified atom stereocenters. The van der Waals surface area contributed by atoms with E-state index in [9.17, 15) is 13.6 Å². The van der Waals surface area contributed by atoms with Gasteiger partial charge in [-0.25, -0.2) is 4.79 Å². The Bertz CT molecular complexity index is 227. The zero-order valence-electron chi connectivity index (χ0n) is 6.08. The van der Waals surface area contributed by atoms with E-state index in [-0.39, 0.29) is 6.54 Å². The van der Waals surface area contributed by atoms with E-state index < -0.39 is 12.6 Å². The van der Waals surface area contributed by atoms with Gasteiger partial charge in [0.25, 0.3) is 0 Å². The van der Waals surface area contributed by atoms with Crippen molar-refractivity contribution in [3.05, 3.63) is 12.4 Å². The van der Waals surface area contributed by atoms with Crippen molar-refractivity contribution in [2.75, 3.05) is 6.54 Å². The van der Waals surface area contributed by atoms with Crippen molar-refractivity contribution in [1.29, 1.82) is 0 Å². The monoisotopic (exact) mass is 175 g/mol. The van der Waals surface area contributed by atoms with Crippen LogP contribution in [0.2, 0.25) is 0 Å². The number of aliphatic imine (C=N–C) groups is 1. The molecule has 1 N–H and O–H groups in total. The fourth-order valence-electron chi connectivity index (χ4n) is 0.703. The third kappa shape index (κ3) is 2.30. The molecule has 12 heavy (non-hydrogen) atoms. The number of hydrogen-bond donors (Lipinski definition) is 1. The largest absolute Gasteiger partial charge is 0.326 e. The molecular formula is C6H7F2N3O. The summed E-state index contributed by atoms with van der Waals surface area (Å²) in [6.07, 6.45) is 4.14. The van der Waals surface area contributed by atoms with Crippen LogP contribution in [0.15, 0.2) is 17.4 Å². The molecule has 0 saturated carbocycles. The van der Waals surface area contributed by atoms with Gasteiger partial charge >= 0.3 is 12.6 Å². The number of carbonyl (C=O) groups is 1. The molecule has 1 aliphatic rings. The summed E-state index contributed by atoms with van der Waals surface area (Å²) in [5.74, 6) is 0. The highest BCUT2D eigenvalue weighted by Crippen LogP contribution is 1.97. The van der Waals surface area contributed by atoms with Crippen molar-refractivity contribution in [3.8, 4) is 0 Å². The number of amides is 2. The summed E-state index contributed by atoms with van der Waals surface area (Å²) in [6.45, 7) is -2.61. The predicted octanol–water partition coefficient (Wildman–Crippen LogP) is 0.776. The maximum Gasteiger partial charge on any atom is 0.326 e. The Morgan fingerprint density at radius 3 is 2.92 bits per heavy atom. The quantitative estimate of drug-likeness (QED) is 0.588. The van der Waals surface area contributed by atoms with E-state index in [1.165, 1.54) is 23.9 Å². The third-order valence-electron chi connectivity index (χ3n) is 1.21. The molecule has 0 saturated heterocycles. The van der Waals surface area contributed by atoms with Gasteiger partial charge in [0.2, 0.25) is 0 Å². The molecular weight excluding hydrogens is 168 g/mol. The van der Waals surface area contributed by atoms with E-state index in [4.69, 9.17) is 0 Å². The van der Waals surface area contributed by atoms with Gasteiger partial charge in [0.15, 0.2) is 0 Å². The minimum atomic E-state index is -2.83. The second-order valence-corrected chi connectivity index (χ2v) is 2.03. The van der Waals surface area contributed by atoms with Crippen molar-refractivity contribution < 1.29 is 13.6 Å². The number of rotatable bonds is 1. The lowest BCUT2D eigenvalue weighted by atomic mass is 10.5. The minimum Gasteiger partial charge on any atom is -0.294 e. The number of nitrogens with one attached hydrogen (secondary N) is 1. The van der Waals surface area contributed by atoms with Crippen molar-refractivity contribution in [3.63, 3.8) is 0 Å². The summed E-state index contributed by atoms with van der Waals surface area (Å²) in [5, 5.41) is 1.45. The van der Waals surface area contributed by atoms with E-state index >= 15 is 0 Å². The summed E-state index contributed by atoms with van der Waals surface area (Å²) in [7, 11) is 0. The standard InChI is InChI=1S/C6H7F2N3O/c7-5(8)10-6(12)11-3-1-9-2-4-11/h1-3,5H,4H2,(H,10,12). The van der Waals surface area contributed by atoms with E-state index in [1.807, 2.05) is 0 Å². The molecule has 0 aromatic carbocycles. The Kier molecular flexibility index (Phi) is 2.73. The average molecular weight is 175 g/mol. The number of hydrogen-bond acceptors (Lipinski definition) is 2. The molecule has 0 fully saturated rings. The van der Waals surface area contributed by atoms with Gasteiger partial charge in [-0.3, -0.25) is 15.2 Å². The highest BCUT2D eigenvalue weighted by atomic mass is 19.3. The van der Waals surface area contributed by atoms with Gasteiger partial charge in [-0.05, 0) is 0 Å². The van der Waals surface area contributed by atoms with Crippen molar-refractivity contribution in [1.82, 2.24) is 10.2 Å². The Morgan fingerprint density at radius 2 is 2.42 bits per heavy atom. The molecule has 6 heteroatoms. The molecule has 1 aliphatic heterocycles. The molecule has 1 rings (SSSR count). The zero-order valence-corrected chi connectivity index (χ0v) is 6.08. The van der Waals surface area contributed by atoms with Gasteiger partial charge in [0, 0.05) is 18.6 Å². The predicted molar refractivity (Wildman–Crippen MR) is 38.9 cm³/mol. The Morgan fingerprint density at radius 1 is 1.67 bits per heavy atom. The Labute approximate surface area is 67.6 Å². The second-order valence-electron chi connectivity index (χ2n) is 2.03. The average Bonchev–Trinajstić information content (AvgIpc) is 2.05. The van der Waals surface area contributed by atoms with Crippen LogP contribution in [0.1, 0.15) is 0 Å². The summed E-state index contributed by atoms with van der Waals surface area (Å²) >= 11 is 0. The normalized spacial score (nSPS) is 15.4. The van der Waals surface area contributed by atoms with Crippen LogP contribution >= 0.6 is 0 Å². The van der Waals surface area contributed by atoms with Crippen LogP contribution < -0.4 is 5.32 Å². The molecule has 0 aromatic heterocycles. The molecule has 2 amide bonds. The van der Waals surface area contributed by atoms with Crippen LogP contribution in [-0.2, 0) is 0 Å². The Hall–Kier alpha value is -1.46. The molecule has 0 aliphatic carbocycles. The van der Waals surface area contributed by atoms with E-state index in [1.54, 1.807) is 0 Å². The fraction of sp³-hybridized carbons (Fsp3) is 0.333. The van der Waals surface area contributed by atoms with Gasteiger partial charge < -0.3 is 0 Å². The van der Waals surface area contributed by atoms with Gasteiger partial charge in [-0.2, -0.15) is 8.78 Å². The molecule has 0 atom stereocenters. The SMILES string of the molecule is O=C(NC(F)F)N1C=CN=CC1. The van der Waals surface area contributed by atoms with Crippen molar-refractivity contribution in [2.24, 2.45) is 4.99 Å². The molecule has 0 radical (unpaired) electrons. The lowest BCUT2D eigenvalue weighted by Crippen LogP contribution is -2.40. The molecule has 4 nitrogen and oxygen atoms in total. The number of carbonyl (C=O) groups excluding carboxylic acids is 1. The molecule has 0 aromatic rings. The Balaban J connectivity index is 2.42. The maximum atomic E-state index is 11.6. The first-order chi connectivity index (χ1) is 5.70. The van der Waals surface area contributed by atoms with Gasteiger partial charge in [0.05, 0.1) is 6.54 Å². The number of halogens is 2. The smallest absolute Gasteiger partial charge is 0.294 e. The summed E-state index contributed by atoms with van der Waals surface area (Å²) in [6, 6.07) is -0.826.